The van der Waals surface area contributed by atoms with Gasteiger partial charge in [-0.25, -0.2) is 0 Å². The summed E-state index contributed by atoms with van der Waals surface area (Å²) in [5.74, 6) is 1.06. The van der Waals surface area contributed by atoms with Crippen LogP contribution >= 0.6 is 0 Å². The van der Waals surface area contributed by atoms with Gasteiger partial charge in [-0.2, -0.15) is 0 Å². The fraction of sp³-hybridized carbons (Fsp3) is 0.500. The van der Waals surface area contributed by atoms with Crippen molar-refractivity contribution in [3.05, 3.63) is 29.8 Å². The van der Waals surface area contributed by atoms with E-state index in [1.807, 2.05) is 18.2 Å². The number of benzene rings is 1. The maximum atomic E-state index is 11.6. The Morgan fingerprint density at radius 3 is 2.94 bits per heavy atom. The first-order valence-corrected chi connectivity index (χ1v) is 6.19. The molecule has 4 heteroatoms. The summed E-state index contributed by atoms with van der Waals surface area (Å²) < 4.78 is 10.0. The van der Waals surface area contributed by atoms with E-state index < -0.39 is 0 Å². The molecule has 0 radical (unpaired) electrons. The van der Waals surface area contributed by atoms with Crippen LogP contribution in [0.4, 0.5) is 0 Å². The molecule has 18 heavy (non-hydrogen) atoms. The molecule has 98 valence electrons. The fourth-order valence-electron chi connectivity index (χ4n) is 2.44. The molecule has 0 aliphatic carbocycles. The van der Waals surface area contributed by atoms with Crippen LogP contribution in [0.2, 0.25) is 0 Å². The van der Waals surface area contributed by atoms with Crippen molar-refractivity contribution in [3.63, 3.8) is 0 Å². The van der Waals surface area contributed by atoms with Crippen molar-refractivity contribution in [1.82, 2.24) is 5.32 Å². The molecule has 0 aromatic heterocycles. The second-order valence-corrected chi connectivity index (χ2v) is 4.53. The number of methoxy groups -OCH3 is 2. The van der Waals surface area contributed by atoms with Crippen molar-refractivity contribution in [1.29, 1.82) is 0 Å². The van der Waals surface area contributed by atoms with Gasteiger partial charge in [0.1, 0.15) is 11.8 Å². The van der Waals surface area contributed by atoms with Crippen LogP contribution in [0.15, 0.2) is 24.3 Å². The SMILES string of the molecule is COC(=O)[C@@H]1C[C@@H](c2cccc(OC)c2)CCN1. The van der Waals surface area contributed by atoms with E-state index in [0.717, 1.165) is 25.1 Å². The maximum absolute atomic E-state index is 11.6. The minimum atomic E-state index is -0.194. The molecular weight excluding hydrogens is 230 g/mol. The first-order valence-electron chi connectivity index (χ1n) is 6.19. The number of carbonyl (C=O) groups is 1. The molecular formula is C14H19NO3. The summed E-state index contributed by atoms with van der Waals surface area (Å²) in [6, 6.07) is 7.86. The average molecular weight is 249 g/mol. The van der Waals surface area contributed by atoms with Gasteiger partial charge in [-0.1, -0.05) is 12.1 Å². The molecule has 1 fully saturated rings. The quantitative estimate of drug-likeness (QED) is 0.828. The smallest absolute Gasteiger partial charge is 0.322 e. The molecule has 0 bridgehead atoms. The first kappa shape index (κ1) is 12.9. The van der Waals surface area contributed by atoms with Crippen molar-refractivity contribution in [3.8, 4) is 5.75 Å². The number of esters is 1. The Balaban J connectivity index is 2.10. The van der Waals surface area contributed by atoms with Crippen LogP contribution in [0.5, 0.6) is 5.75 Å². The lowest BCUT2D eigenvalue weighted by molar-refractivity contribution is -0.143. The van der Waals surface area contributed by atoms with Gasteiger partial charge >= 0.3 is 5.97 Å². The number of piperidine rings is 1. The molecule has 2 atom stereocenters. The number of rotatable bonds is 3. The second-order valence-electron chi connectivity index (χ2n) is 4.53. The molecule has 4 nitrogen and oxygen atoms in total. The van der Waals surface area contributed by atoms with Crippen LogP contribution in [-0.2, 0) is 9.53 Å². The minimum Gasteiger partial charge on any atom is -0.497 e. The van der Waals surface area contributed by atoms with E-state index in [0.29, 0.717) is 5.92 Å². The molecule has 0 saturated carbocycles. The van der Waals surface area contributed by atoms with Crippen LogP contribution in [0.3, 0.4) is 0 Å². The summed E-state index contributed by atoms with van der Waals surface area (Å²) >= 11 is 0. The van der Waals surface area contributed by atoms with E-state index in [1.54, 1.807) is 7.11 Å². The molecule has 1 aromatic carbocycles. The van der Waals surface area contributed by atoms with E-state index in [4.69, 9.17) is 9.47 Å². The zero-order valence-electron chi connectivity index (χ0n) is 10.8. The third-order valence-electron chi connectivity index (χ3n) is 3.45. The van der Waals surface area contributed by atoms with Gasteiger partial charge in [-0.05, 0) is 43.0 Å². The van der Waals surface area contributed by atoms with E-state index in [2.05, 4.69) is 11.4 Å². The predicted molar refractivity (Wildman–Crippen MR) is 68.8 cm³/mol. The third-order valence-corrected chi connectivity index (χ3v) is 3.45. The van der Waals surface area contributed by atoms with Gasteiger partial charge < -0.3 is 14.8 Å². The Morgan fingerprint density at radius 1 is 1.39 bits per heavy atom. The highest BCUT2D eigenvalue weighted by atomic mass is 16.5. The molecule has 1 heterocycles. The van der Waals surface area contributed by atoms with E-state index in [9.17, 15) is 4.79 Å². The van der Waals surface area contributed by atoms with Crippen molar-refractivity contribution in [2.45, 2.75) is 24.8 Å². The molecule has 2 rings (SSSR count). The van der Waals surface area contributed by atoms with Crippen LogP contribution in [0.25, 0.3) is 0 Å². The number of carbonyl (C=O) groups excluding carboxylic acids is 1. The summed E-state index contributed by atoms with van der Waals surface area (Å²) in [6.45, 7) is 0.835. The van der Waals surface area contributed by atoms with Gasteiger partial charge in [0, 0.05) is 0 Å². The minimum absolute atomic E-state index is 0.178. The number of nitrogens with one attached hydrogen (secondary N) is 1. The number of hydrogen-bond donors (Lipinski definition) is 1. The van der Waals surface area contributed by atoms with Gasteiger partial charge in [0.05, 0.1) is 14.2 Å². The Hall–Kier alpha value is -1.55. The second kappa shape index (κ2) is 5.87. The molecule has 1 aliphatic rings. The van der Waals surface area contributed by atoms with E-state index in [1.165, 1.54) is 12.7 Å². The lowest BCUT2D eigenvalue weighted by atomic mass is 9.86. The highest BCUT2D eigenvalue weighted by Crippen LogP contribution is 2.30. The molecule has 0 unspecified atom stereocenters. The molecule has 1 aromatic rings. The monoisotopic (exact) mass is 249 g/mol. The van der Waals surface area contributed by atoms with Gasteiger partial charge in [-0.15, -0.1) is 0 Å². The Morgan fingerprint density at radius 2 is 2.22 bits per heavy atom. The van der Waals surface area contributed by atoms with Crippen LogP contribution in [0.1, 0.15) is 24.3 Å². The molecule has 1 aliphatic heterocycles. The van der Waals surface area contributed by atoms with Crippen LogP contribution < -0.4 is 10.1 Å². The van der Waals surface area contributed by atoms with Crippen molar-refractivity contribution < 1.29 is 14.3 Å². The Kier molecular flexibility index (Phi) is 4.20. The zero-order chi connectivity index (χ0) is 13.0. The Bertz CT molecular complexity index is 419. The lowest BCUT2D eigenvalue weighted by Crippen LogP contribution is -2.43. The lowest BCUT2D eigenvalue weighted by Gasteiger charge is -2.29. The normalized spacial score (nSPS) is 23.4. The third kappa shape index (κ3) is 2.82. The fourth-order valence-corrected chi connectivity index (χ4v) is 2.44. The molecule has 0 spiro atoms. The van der Waals surface area contributed by atoms with Gasteiger partial charge in [0.2, 0.25) is 0 Å². The summed E-state index contributed by atoms with van der Waals surface area (Å²) in [5.41, 5.74) is 1.23. The van der Waals surface area contributed by atoms with Crippen molar-refractivity contribution >= 4 is 5.97 Å². The summed E-state index contributed by atoms with van der Waals surface area (Å²) in [7, 11) is 3.10. The van der Waals surface area contributed by atoms with Crippen LogP contribution in [-0.4, -0.2) is 32.8 Å². The van der Waals surface area contributed by atoms with E-state index in [-0.39, 0.29) is 12.0 Å². The first-order chi connectivity index (χ1) is 8.74. The standard InChI is InChI=1S/C14H19NO3/c1-17-12-5-3-4-10(8-12)11-6-7-15-13(9-11)14(16)18-2/h3-5,8,11,13,15H,6-7,9H2,1-2H3/t11-,13-/m0/s1. The summed E-state index contributed by atoms with van der Waals surface area (Å²) in [4.78, 5) is 11.6. The number of ether oxygens (including phenoxy) is 2. The molecule has 0 amide bonds. The Labute approximate surface area is 107 Å². The number of hydrogen-bond acceptors (Lipinski definition) is 4. The van der Waals surface area contributed by atoms with Crippen molar-refractivity contribution in [2.75, 3.05) is 20.8 Å². The highest BCUT2D eigenvalue weighted by molar-refractivity contribution is 5.75. The largest absolute Gasteiger partial charge is 0.497 e. The average Bonchev–Trinajstić information content (AvgIpc) is 2.46. The van der Waals surface area contributed by atoms with Gasteiger partial charge in [-0.3, -0.25) is 4.79 Å². The van der Waals surface area contributed by atoms with Gasteiger partial charge in [0.25, 0.3) is 0 Å². The summed E-state index contributed by atoms with van der Waals surface area (Å²) in [5, 5.41) is 3.19. The maximum Gasteiger partial charge on any atom is 0.322 e. The topological polar surface area (TPSA) is 47.6 Å². The summed E-state index contributed by atoms with van der Waals surface area (Å²) in [6.07, 6.45) is 1.81. The predicted octanol–water partition coefficient (Wildman–Crippen LogP) is 1.70. The molecule has 1 N–H and O–H groups in total. The van der Waals surface area contributed by atoms with Crippen LogP contribution in [0, 0.1) is 0 Å². The van der Waals surface area contributed by atoms with E-state index >= 15 is 0 Å². The van der Waals surface area contributed by atoms with Gasteiger partial charge in [0.15, 0.2) is 0 Å². The van der Waals surface area contributed by atoms with Crippen molar-refractivity contribution in [2.24, 2.45) is 0 Å². The molecule has 1 saturated heterocycles. The zero-order valence-corrected chi connectivity index (χ0v) is 10.8. The highest BCUT2D eigenvalue weighted by Gasteiger charge is 2.28.